The Morgan fingerprint density at radius 2 is 0.885 bits per heavy atom. The van der Waals surface area contributed by atoms with Gasteiger partial charge in [-0.2, -0.15) is 8.42 Å². The summed E-state index contributed by atoms with van der Waals surface area (Å²) >= 11 is 0. The summed E-state index contributed by atoms with van der Waals surface area (Å²) in [6.45, 7) is 3.84. The number of hydrogen-bond acceptors (Lipinski definition) is 11. The van der Waals surface area contributed by atoms with Gasteiger partial charge < -0.3 is 34.3 Å². The van der Waals surface area contributed by atoms with Crippen LogP contribution in [0.2, 0.25) is 0 Å². The molecule has 0 saturated carbocycles. The summed E-state index contributed by atoms with van der Waals surface area (Å²) in [6.07, 6.45) is 68.3. The first-order valence-corrected chi connectivity index (χ1v) is 32.0. The Kier molecular flexibility index (Phi) is 50.7. The van der Waals surface area contributed by atoms with Gasteiger partial charge in [-0.3, -0.25) is 9.35 Å². The number of rotatable bonds is 53. The van der Waals surface area contributed by atoms with E-state index >= 15 is 0 Å². The van der Waals surface area contributed by atoms with E-state index in [1.165, 1.54) is 96.3 Å². The van der Waals surface area contributed by atoms with Gasteiger partial charge >= 0.3 is 16.4 Å². The van der Waals surface area contributed by atoms with Crippen LogP contribution in [-0.4, -0.2) is 97.5 Å². The Balaban J connectivity index is 2.30. The maximum atomic E-state index is 13.0. The first-order chi connectivity index (χ1) is 38.1. The van der Waals surface area contributed by atoms with Crippen LogP contribution < -0.4 is 0 Å². The molecule has 1 fully saturated rings. The third-order valence-electron chi connectivity index (χ3n) is 13.4. The minimum absolute atomic E-state index is 0.0199. The highest BCUT2D eigenvalue weighted by atomic mass is 32.3. The van der Waals surface area contributed by atoms with Crippen molar-refractivity contribution in [3.8, 4) is 0 Å². The van der Waals surface area contributed by atoms with Crippen LogP contribution in [-0.2, 0) is 38.3 Å². The maximum absolute atomic E-state index is 13.0. The van der Waals surface area contributed by atoms with Crippen molar-refractivity contribution in [2.75, 3.05) is 26.4 Å². The van der Waals surface area contributed by atoms with E-state index in [1.807, 2.05) is 0 Å². The lowest BCUT2D eigenvalue weighted by molar-refractivity contribution is -0.301. The van der Waals surface area contributed by atoms with Crippen LogP contribution in [0.25, 0.3) is 0 Å². The van der Waals surface area contributed by atoms with Gasteiger partial charge in [0.15, 0.2) is 6.29 Å². The molecular weight excluding hydrogens is 1000 g/mol. The van der Waals surface area contributed by atoms with E-state index in [1.54, 1.807) is 0 Å². The number of hydrogen-bond donors (Lipinski definition) is 4. The second-order valence-electron chi connectivity index (χ2n) is 20.6. The van der Waals surface area contributed by atoms with Gasteiger partial charge in [0.2, 0.25) is 0 Å². The minimum Gasteiger partial charge on any atom is -0.457 e. The fourth-order valence-electron chi connectivity index (χ4n) is 8.80. The van der Waals surface area contributed by atoms with Crippen LogP contribution in [0.1, 0.15) is 232 Å². The first-order valence-electron chi connectivity index (χ1n) is 30.6. The normalized spacial score (nSPS) is 19.2. The van der Waals surface area contributed by atoms with Crippen LogP contribution in [0.3, 0.4) is 0 Å². The summed E-state index contributed by atoms with van der Waals surface area (Å²) in [5.41, 5.74) is 0. The number of aliphatic hydroxyl groups excluding tert-OH is 3. The molecule has 1 heterocycles. The van der Waals surface area contributed by atoms with Crippen molar-refractivity contribution in [2.24, 2.45) is 0 Å². The van der Waals surface area contributed by atoms with Crippen LogP contribution in [0.4, 0.5) is 0 Å². The number of carbonyl (C=O) groups excluding carboxylic acids is 1. The van der Waals surface area contributed by atoms with Gasteiger partial charge in [0, 0.05) is 13.0 Å². The van der Waals surface area contributed by atoms with Crippen molar-refractivity contribution >= 4 is 16.4 Å². The molecule has 4 N–H and O–H groups in total. The molecule has 0 bridgehead atoms. The molecule has 0 aromatic carbocycles. The summed E-state index contributed by atoms with van der Waals surface area (Å²) in [7, 11) is -5.08. The van der Waals surface area contributed by atoms with Gasteiger partial charge in [0.25, 0.3) is 0 Å². The summed E-state index contributed by atoms with van der Waals surface area (Å²) in [4.78, 5) is 13.0. The van der Waals surface area contributed by atoms with E-state index in [9.17, 15) is 33.1 Å². The molecule has 6 unspecified atom stereocenters. The molecule has 0 aliphatic carbocycles. The van der Waals surface area contributed by atoms with E-state index in [0.29, 0.717) is 13.0 Å². The van der Waals surface area contributed by atoms with Gasteiger partial charge in [-0.25, -0.2) is 4.18 Å². The summed E-state index contributed by atoms with van der Waals surface area (Å²) in [5.74, 6) is -0.410. The molecule has 448 valence electrons. The highest BCUT2D eigenvalue weighted by Crippen LogP contribution is 2.26. The molecule has 0 spiro atoms. The highest BCUT2D eigenvalue weighted by molar-refractivity contribution is 7.80. The lowest BCUT2D eigenvalue weighted by Gasteiger charge is -2.41. The van der Waals surface area contributed by atoms with Crippen LogP contribution in [0.5, 0.6) is 0 Å². The topological polar surface area (TPSA) is 178 Å². The van der Waals surface area contributed by atoms with Gasteiger partial charge in [0.05, 0.1) is 19.8 Å². The zero-order chi connectivity index (χ0) is 56.7. The zero-order valence-electron chi connectivity index (χ0n) is 48.7. The molecule has 0 aromatic rings. The van der Waals surface area contributed by atoms with E-state index in [0.717, 1.165) is 109 Å². The monoisotopic (exact) mass is 1110 g/mol. The predicted octanol–water partition coefficient (Wildman–Crippen LogP) is 15.9. The van der Waals surface area contributed by atoms with E-state index < -0.39 is 59.8 Å². The second-order valence-corrected chi connectivity index (χ2v) is 21.6. The molecule has 0 radical (unpaired) electrons. The van der Waals surface area contributed by atoms with E-state index in [-0.39, 0.29) is 19.6 Å². The smallest absolute Gasteiger partial charge is 0.397 e. The van der Waals surface area contributed by atoms with Crippen molar-refractivity contribution in [3.05, 3.63) is 109 Å². The van der Waals surface area contributed by atoms with Crippen LogP contribution in [0, 0.1) is 0 Å². The molecule has 0 amide bonds. The third kappa shape index (κ3) is 46.5. The molecule has 1 rings (SSSR count). The molecule has 6 atom stereocenters. The van der Waals surface area contributed by atoms with Gasteiger partial charge in [-0.15, -0.1) is 0 Å². The van der Waals surface area contributed by atoms with Gasteiger partial charge in [0.1, 0.15) is 30.5 Å². The largest absolute Gasteiger partial charge is 0.457 e. The van der Waals surface area contributed by atoms with E-state index in [4.69, 9.17) is 18.9 Å². The minimum atomic E-state index is -5.08. The van der Waals surface area contributed by atoms with Gasteiger partial charge in [-0.05, 0) is 103 Å². The van der Waals surface area contributed by atoms with Crippen molar-refractivity contribution in [3.63, 3.8) is 0 Å². The average Bonchev–Trinajstić information content (AvgIpc) is 3.42. The maximum Gasteiger partial charge on any atom is 0.397 e. The predicted molar refractivity (Wildman–Crippen MR) is 321 cm³/mol. The van der Waals surface area contributed by atoms with Crippen molar-refractivity contribution in [1.29, 1.82) is 0 Å². The highest BCUT2D eigenvalue weighted by Gasteiger charge is 2.48. The van der Waals surface area contributed by atoms with E-state index in [2.05, 4.69) is 127 Å². The molecule has 78 heavy (non-hydrogen) atoms. The summed E-state index contributed by atoms with van der Waals surface area (Å²) in [6, 6.07) is 0. The Morgan fingerprint density at radius 3 is 1.29 bits per heavy atom. The SMILES string of the molecule is CC/C=C\C/C=C\C/C=C\C/C=C\C/C=C\C/C=C\CCCCCCCCCOCC(COC1OC(CO)C(O)C(OS(=O)(=O)O)C1O)OC(=O)CCCCCCCCCCCC/C=C\C/C=C\C/C=C\CCCCCCC. The Bertz CT molecular complexity index is 1760. The lowest BCUT2D eigenvalue weighted by Crippen LogP contribution is -2.60. The summed E-state index contributed by atoms with van der Waals surface area (Å²) < 4.78 is 59.5. The van der Waals surface area contributed by atoms with Crippen molar-refractivity contribution < 1.29 is 56.2 Å². The van der Waals surface area contributed by atoms with Crippen molar-refractivity contribution in [2.45, 2.75) is 269 Å². The standard InChI is InChI=1S/C65H110O12S/c1-3-5-7-9-11-13-15-17-19-21-23-25-27-29-31-33-35-37-39-41-43-45-47-49-51-53-55-73-57-59(58-74-65-63(69)64(77-78(70,71)72)62(68)60(56-66)76-65)75-61(67)54-52-50-48-46-44-42-40-38-36-34-32-30-28-26-24-22-20-18-16-14-12-10-8-6-4-2/h5,7,11,13,16-19,22-25,28-31,35,37,59-60,62-66,68-69H,3-4,6,8-10,12,14-15,20-21,26-27,32-34,36,38-58H2,1-2H3,(H,70,71,72)/b7-5-,13-11-,18-16-,19-17-,24-22-,25-23-,30-28-,31-29-,37-35-. The van der Waals surface area contributed by atoms with Crippen LogP contribution in [0.15, 0.2) is 109 Å². The van der Waals surface area contributed by atoms with Crippen molar-refractivity contribution in [1.82, 2.24) is 0 Å². The number of ether oxygens (including phenoxy) is 4. The molecule has 1 aliphatic rings. The first kappa shape index (κ1) is 72.8. The number of unbranched alkanes of at least 4 members (excludes halogenated alkanes) is 22. The van der Waals surface area contributed by atoms with Crippen LogP contribution >= 0.6 is 0 Å². The lowest BCUT2D eigenvalue weighted by atomic mass is 9.99. The molecule has 0 aromatic heterocycles. The number of aliphatic hydroxyl groups is 3. The number of allylic oxidation sites excluding steroid dienone is 18. The second kappa shape index (κ2) is 54.4. The molecule has 1 aliphatic heterocycles. The summed E-state index contributed by atoms with van der Waals surface area (Å²) in [5, 5.41) is 30.9. The molecule has 12 nitrogen and oxygen atoms in total. The quantitative estimate of drug-likeness (QED) is 0.0196. The molecule has 1 saturated heterocycles. The fraction of sp³-hybridized carbons (Fsp3) is 0.708. The molecule has 13 heteroatoms. The Hall–Kier alpha value is -3.24. The average molecular weight is 1120 g/mol. The number of esters is 1. The molecular formula is C65H110O12S. The third-order valence-corrected chi connectivity index (χ3v) is 13.8. The Labute approximate surface area is 475 Å². The fourth-order valence-corrected chi connectivity index (χ4v) is 9.31. The zero-order valence-corrected chi connectivity index (χ0v) is 49.5. The number of carbonyl (C=O) groups is 1. The van der Waals surface area contributed by atoms with Gasteiger partial charge in [-0.1, -0.05) is 232 Å². The Morgan fingerprint density at radius 1 is 0.500 bits per heavy atom.